The normalized spacial score (nSPS) is 10.5. The lowest BCUT2D eigenvalue weighted by molar-refractivity contribution is 0.101. The van der Waals surface area contributed by atoms with Gasteiger partial charge >= 0.3 is 0 Å². The Morgan fingerprint density at radius 2 is 1.81 bits per heavy atom. The first-order chi connectivity index (χ1) is 12.5. The number of anilines is 1. The Morgan fingerprint density at radius 1 is 1.08 bits per heavy atom. The predicted molar refractivity (Wildman–Crippen MR) is 91.6 cm³/mol. The van der Waals surface area contributed by atoms with Gasteiger partial charge in [-0.05, 0) is 22.0 Å². The lowest BCUT2D eigenvalue weighted by Crippen LogP contribution is -2.17. The van der Waals surface area contributed by atoms with Gasteiger partial charge in [-0.2, -0.15) is 0 Å². The van der Waals surface area contributed by atoms with E-state index in [1.165, 1.54) is 19.5 Å². The maximum Gasteiger partial charge on any atom is 0.262 e. The highest BCUT2D eigenvalue weighted by Gasteiger charge is 2.18. The number of hydrogen-bond donors (Lipinski definition) is 1. The molecule has 132 valence electrons. The third kappa shape index (κ3) is 3.64. The Kier molecular flexibility index (Phi) is 5.12. The van der Waals surface area contributed by atoms with Crippen molar-refractivity contribution in [2.24, 2.45) is 0 Å². The minimum absolute atomic E-state index is 0.0243. The topological polar surface area (TPSA) is 89.9 Å². The van der Waals surface area contributed by atoms with E-state index < -0.39 is 23.1 Å². The molecule has 0 aliphatic heterocycles. The molecule has 3 aromatic heterocycles. The van der Waals surface area contributed by atoms with Crippen LogP contribution in [-0.2, 0) is 0 Å². The van der Waals surface area contributed by atoms with Gasteiger partial charge in [0.2, 0.25) is 5.88 Å². The second-order valence-corrected chi connectivity index (χ2v) is 5.85. The Hall–Kier alpha value is -3.01. The number of amides is 1. The smallest absolute Gasteiger partial charge is 0.262 e. The zero-order chi connectivity index (χ0) is 18.7. The molecule has 1 amide bonds. The molecule has 1 N–H and O–H groups in total. The molecule has 0 radical (unpaired) electrons. The summed E-state index contributed by atoms with van der Waals surface area (Å²) in [5.74, 6) is -2.77. The SMILES string of the molecule is COc1ncc(Br)cc1-c1cnc(NC(=O)c2c(F)cncc2F)cn1. The molecule has 0 saturated heterocycles. The van der Waals surface area contributed by atoms with Crippen LogP contribution in [0.5, 0.6) is 5.88 Å². The van der Waals surface area contributed by atoms with E-state index in [-0.39, 0.29) is 5.82 Å². The monoisotopic (exact) mass is 421 g/mol. The van der Waals surface area contributed by atoms with Crippen molar-refractivity contribution in [3.05, 3.63) is 58.7 Å². The molecule has 0 bridgehead atoms. The molecule has 0 saturated carbocycles. The van der Waals surface area contributed by atoms with Gasteiger partial charge in [0.15, 0.2) is 17.5 Å². The van der Waals surface area contributed by atoms with Gasteiger partial charge < -0.3 is 10.1 Å². The minimum atomic E-state index is -1.07. The first-order valence-corrected chi connectivity index (χ1v) is 7.91. The number of ether oxygens (including phenoxy) is 1. The second kappa shape index (κ2) is 7.48. The third-order valence-electron chi connectivity index (χ3n) is 3.26. The van der Waals surface area contributed by atoms with Crippen molar-refractivity contribution in [3.8, 4) is 17.1 Å². The van der Waals surface area contributed by atoms with Crippen LogP contribution >= 0.6 is 15.9 Å². The van der Waals surface area contributed by atoms with Gasteiger partial charge in [0.1, 0.15) is 5.56 Å². The molecule has 3 heterocycles. The fraction of sp³-hybridized carbons (Fsp3) is 0.0625. The molecule has 0 aromatic carbocycles. The number of rotatable bonds is 4. The fourth-order valence-corrected chi connectivity index (χ4v) is 2.44. The number of carbonyl (C=O) groups is 1. The Labute approximate surface area is 154 Å². The standard InChI is InChI=1S/C16H10BrF2N5O2/c1-26-16-9(2-8(17)3-23-16)12-6-22-13(7-21-12)24-15(25)14-10(18)4-20-5-11(14)19/h2-7H,1H3,(H,22,24,25). The number of hydrogen-bond acceptors (Lipinski definition) is 6. The molecule has 3 rings (SSSR count). The van der Waals surface area contributed by atoms with Gasteiger partial charge in [-0.15, -0.1) is 0 Å². The molecule has 7 nitrogen and oxygen atoms in total. The minimum Gasteiger partial charge on any atom is -0.481 e. The van der Waals surface area contributed by atoms with Crippen LogP contribution in [0.25, 0.3) is 11.3 Å². The molecule has 0 spiro atoms. The van der Waals surface area contributed by atoms with E-state index in [1.54, 1.807) is 12.3 Å². The van der Waals surface area contributed by atoms with Crippen molar-refractivity contribution < 1.29 is 18.3 Å². The maximum absolute atomic E-state index is 13.6. The fourth-order valence-electron chi connectivity index (χ4n) is 2.11. The van der Waals surface area contributed by atoms with Crippen LogP contribution in [0.15, 0.2) is 41.5 Å². The highest BCUT2D eigenvalue weighted by atomic mass is 79.9. The molecule has 0 aliphatic carbocycles. The van der Waals surface area contributed by atoms with Crippen LogP contribution in [0.4, 0.5) is 14.6 Å². The number of nitrogens with zero attached hydrogens (tertiary/aromatic N) is 4. The third-order valence-corrected chi connectivity index (χ3v) is 3.69. The van der Waals surface area contributed by atoms with Crippen LogP contribution in [0.1, 0.15) is 10.4 Å². The van der Waals surface area contributed by atoms with Gasteiger partial charge in [-0.3, -0.25) is 14.8 Å². The van der Waals surface area contributed by atoms with Gasteiger partial charge in [0.25, 0.3) is 5.91 Å². The summed E-state index contributed by atoms with van der Waals surface area (Å²) in [7, 11) is 1.47. The lowest BCUT2D eigenvalue weighted by Gasteiger charge is -2.08. The molecular formula is C16H10BrF2N5O2. The highest BCUT2D eigenvalue weighted by molar-refractivity contribution is 9.10. The van der Waals surface area contributed by atoms with Crippen LogP contribution in [-0.4, -0.2) is 33.0 Å². The summed E-state index contributed by atoms with van der Waals surface area (Å²) in [5, 5.41) is 2.28. The average Bonchev–Trinajstić information content (AvgIpc) is 2.62. The van der Waals surface area contributed by atoms with Gasteiger partial charge in [-0.1, -0.05) is 0 Å². The zero-order valence-electron chi connectivity index (χ0n) is 13.2. The lowest BCUT2D eigenvalue weighted by atomic mass is 10.2. The molecule has 26 heavy (non-hydrogen) atoms. The summed E-state index contributed by atoms with van der Waals surface area (Å²) in [6.07, 6.45) is 5.70. The van der Waals surface area contributed by atoms with Crippen molar-refractivity contribution >= 4 is 27.7 Å². The molecular weight excluding hydrogens is 412 g/mol. The summed E-state index contributed by atoms with van der Waals surface area (Å²) in [6.45, 7) is 0. The number of pyridine rings is 2. The molecule has 0 aliphatic rings. The van der Waals surface area contributed by atoms with Crippen molar-refractivity contribution in [2.45, 2.75) is 0 Å². The molecule has 0 atom stereocenters. The van der Waals surface area contributed by atoms with Crippen LogP contribution < -0.4 is 10.1 Å². The maximum atomic E-state index is 13.6. The van der Waals surface area contributed by atoms with E-state index in [4.69, 9.17) is 4.74 Å². The Bertz CT molecular complexity index is 949. The largest absolute Gasteiger partial charge is 0.481 e. The molecule has 10 heteroatoms. The Morgan fingerprint density at radius 3 is 2.42 bits per heavy atom. The predicted octanol–water partition coefficient (Wildman–Crippen LogP) is 3.24. The number of halogens is 3. The van der Waals surface area contributed by atoms with E-state index in [0.717, 1.165) is 16.9 Å². The number of methoxy groups -OCH3 is 1. The summed E-state index contributed by atoms with van der Waals surface area (Å²) in [4.78, 5) is 27.7. The number of carbonyl (C=O) groups excluding carboxylic acids is 1. The summed E-state index contributed by atoms with van der Waals surface area (Å²) in [6, 6.07) is 1.75. The molecule has 3 aromatic rings. The summed E-state index contributed by atoms with van der Waals surface area (Å²) < 4.78 is 33.1. The van der Waals surface area contributed by atoms with Crippen molar-refractivity contribution in [2.75, 3.05) is 12.4 Å². The van der Waals surface area contributed by atoms with E-state index in [1.807, 2.05) is 0 Å². The van der Waals surface area contributed by atoms with Gasteiger partial charge in [0.05, 0.1) is 43.2 Å². The summed E-state index contributed by atoms with van der Waals surface area (Å²) >= 11 is 3.31. The molecule has 0 fully saturated rings. The van der Waals surface area contributed by atoms with E-state index >= 15 is 0 Å². The second-order valence-electron chi connectivity index (χ2n) is 4.93. The average molecular weight is 422 g/mol. The first kappa shape index (κ1) is 17.8. The van der Waals surface area contributed by atoms with Crippen LogP contribution in [0.2, 0.25) is 0 Å². The van der Waals surface area contributed by atoms with E-state index in [9.17, 15) is 13.6 Å². The van der Waals surface area contributed by atoms with Crippen LogP contribution in [0, 0.1) is 11.6 Å². The van der Waals surface area contributed by atoms with E-state index in [2.05, 4.69) is 41.2 Å². The molecule has 0 unspecified atom stereocenters. The first-order valence-electron chi connectivity index (χ1n) is 7.12. The Balaban J connectivity index is 1.85. The van der Waals surface area contributed by atoms with E-state index in [0.29, 0.717) is 17.1 Å². The number of aromatic nitrogens is 4. The number of nitrogens with one attached hydrogen (secondary N) is 1. The van der Waals surface area contributed by atoms with Gasteiger partial charge in [0, 0.05) is 10.7 Å². The summed E-state index contributed by atoms with van der Waals surface area (Å²) in [5.41, 5.74) is 0.275. The zero-order valence-corrected chi connectivity index (χ0v) is 14.8. The van der Waals surface area contributed by atoms with Crippen molar-refractivity contribution in [3.63, 3.8) is 0 Å². The van der Waals surface area contributed by atoms with Crippen LogP contribution in [0.3, 0.4) is 0 Å². The quantitative estimate of drug-likeness (QED) is 0.695. The van der Waals surface area contributed by atoms with Crippen molar-refractivity contribution in [1.29, 1.82) is 0 Å². The van der Waals surface area contributed by atoms with Gasteiger partial charge in [-0.25, -0.2) is 18.7 Å². The highest BCUT2D eigenvalue weighted by Crippen LogP contribution is 2.28. The van der Waals surface area contributed by atoms with Crippen molar-refractivity contribution in [1.82, 2.24) is 19.9 Å².